The molecule has 0 spiro atoms. The minimum absolute atomic E-state index is 0.0134. The quantitative estimate of drug-likeness (QED) is 0.274. The third-order valence-corrected chi connectivity index (χ3v) is 5.39. The van der Waals surface area contributed by atoms with Crippen molar-refractivity contribution < 1.29 is 28.2 Å². The zero-order valence-electron chi connectivity index (χ0n) is 20.3. The molecule has 35 heavy (non-hydrogen) atoms. The van der Waals surface area contributed by atoms with Crippen LogP contribution in [0.2, 0.25) is 0 Å². The fourth-order valence-electron chi connectivity index (χ4n) is 3.70. The molecule has 3 aromatic heterocycles. The smallest absolute Gasteiger partial charge is 0.349 e. The molecule has 0 amide bonds. The van der Waals surface area contributed by atoms with Gasteiger partial charge in [0.2, 0.25) is 5.71 Å². The van der Waals surface area contributed by atoms with Crippen LogP contribution < -0.4 is 5.73 Å². The molecule has 11 nitrogen and oxygen atoms in total. The average Bonchev–Trinajstić information content (AvgIpc) is 3.29. The second kappa shape index (κ2) is 10.8. The first-order chi connectivity index (χ1) is 16.7. The number of nitriles is 1. The van der Waals surface area contributed by atoms with Gasteiger partial charge in [0.15, 0.2) is 12.4 Å². The summed E-state index contributed by atoms with van der Waals surface area (Å²) < 4.78 is 23.0. The van der Waals surface area contributed by atoms with Crippen molar-refractivity contribution in [1.29, 1.82) is 5.26 Å². The Labute approximate surface area is 202 Å². The SMILES string of the molecule is CCOC(=O)c1c(C)oc2nc(COC(=O)/C(C#N)=C/c3cc(C)n(CCOC)c3C)nc(N)c12. The number of hydrogen-bond donors (Lipinski definition) is 1. The molecule has 3 heterocycles. The zero-order valence-corrected chi connectivity index (χ0v) is 20.3. The van der Waals surface area contributed by atoms with Crippen LogP contribution in [0.15, 0.2) is 16.1 Å². The van der Waals surface area contributed by atoms with E-state index in [1.54, 1.807) is 21.0 Å². The Hall–Kier alpha value is -4.17. The molecule has 0 radical (unpaired) electrons. The first kappa shape index (κ1) is 25.5. The lowest BCUT2D eigenvalue weighted by molar-refractivity contribution is -0.139. The molecule has 0 saturated heterocycles. The molecule has 0 bridgehead atoms. The van der Waals surface area contributed by atoms with Gasteiger partial charge in [-0.15, -0.1) is 0 Å². The fourth-order valence-corrected chi connectivity index (χ4v) is 3.70. The Morgan fingerprint density at radius 2 is 2.00 bits per heavy atom. The number of methoxy groups -OCH3 is 1. The minimum atomic E-state index is -0.834. The van der Waals surface area contributed by atoms with Crippen LogP contribution >= 0.6 is 0 Å². The summed E-state index contributed by atoms with van der Waals surface area (Å²) in [6.07, 6.45) is 1.48. The van der Waals surface area contributed by atoms with E-state index in [0.29, 0.717) is 13.2 Å². The van der Waals surface area contributed by atoms with Crippen LogP contribution in [0.3, 0.4) is 0 Å². The number of hydrogen-bond acceptors (Lipinski definition) is 10. The number of carbonyl (C=O) groups excluding carboxylic acids is 2. The standard InChI is InChI=1S/C24H27N5O6/c1-6-33-24(31)19-15(4)35-22-20(19)21(26)27-18(28-22)12-34-23(30)17(11-25)10-16-9-13(2)29(14(16)3)7-8-32-5/h9-10H,6-8,12H2,1-5H3,(H2,26,27,28)/b17-10+. The van der Waals surface area contributed by atoms with E-state index in [2.05, 4.69) is 9.97 Å². The normalized spacial score (nSPS) is 11.5. The van der Waals surface area contributed by atoms with Gasteiger partial charge >= 0.3 is 11.9 Å². The van der Waals surface area contributed by atoms with Crippen molar-refractivity contribution in [2.24, 2.45) is 0 Å². The Bertz CT molecular complexity index is 1340. The maximum absolute atomic E-state index is 12.6. The zero-order chi connectivity index (χ0) is 25.7. The molecule has 184 valence electrons. The van der Waals surface area contributed by atoms with Gasteiger partial charge in [-0.05, 0) is 45.4 Å². The van der Waals surface area contributed by atoms with Gasteiger partial charge in [0.05, 0.1) is 18.6 Å². The number of esters is 2. The number of ether oxygens (including phenoxy) is 3. The van der Waals surface area contributed by atoms with E-state index >= 15 is 0 Å². The number of nitrogen functional groups attached to an aromatic ring is 1. The number of fused-ring (bicyclic) bond motifs is 1. The molecule has 0 atom stereocenters. The molecule has 3 rings (SSSR count). The molecule has 0 saturated carbocycles. The number of aromatic nitrogens is 3. The summed E-state index contributed by atoms with van der Waals surface area (Å²) in [5.74, 6) is -1.10. The Morgan fingerprint density at radius 3 is 2.66 bits per heavy atom. The predicted molar refractivity (Wildman–Crippen MR) is 126 cm³/mol. The molecular formula is C24H27N5O6. The van der Waals surface area contributed by atoms with E-state index in [0.717, 1.165) is 17.0 Å². The third kappa shape index (κ3) is 5.33. The van der Waals surface area contributed by atoms with Crippen LogP contribution in [0.1, 0.15) is 45.8 Å². The van der Waals surface area contributed by atoms with E-state index in [9.17, 15) is 14.9 Å². The molecule has 11 heteroatoms. The van der Waals surface area contributed by atoms with Crippen LogP contribution in [0.4, 0.5) is 5.82 Å². The number of aryl methyl sites for hydroxylation is 2. The summed E-state index contributed by atoms with van der Waals surface area (Å²) >= 11 is 0. The van der Waals surface area contributed by atoms with Crippen LogP contribution in [0.25, 0.3) is 17.2 Å². The van der Waals surface area contributed by atoms with Crippen LogP contribution in [0, 0.1) is 32.1 Å². The van der Waals surface area contributed by atoms with Crippen molar-refractivity contribution in [2.45, 2.75) is 40.8 Å². The second-order valence-corrected chi connectivity index (χ2v) is 7.68. The highest BCUT2D eigenvalue weighted by Gasteiger charge is 2.24. The highest BCUT2D eigenvalue weighted by atomic mass is 16.5. The van der Waals surface area contributed by atoms with Crippen LogP contribution in [0.5, 0.6) is 0 Å². The molecule has 2 N–H and O–H groups in total. The summed E-state index contributed by atoms with van der Waals surface area (Å²) in [6.45, 7) is 8.14. The molecule has 3 aromatic rings. The van der Waals surface area contributed by atoms with E-state index in [1.165, 1.54) is 6.08 Å². The number of nitrogens with zero attached hydrogens (tertiary/aromatic N) is 4. The summed E-state index contributed by atoms with van der Waals surface area (Å²) in [7, 11) is 1.63. The Balaban J connectivity index is 1.80. The predicted octanol–water partition coefficient (Wildman–Crippen LogP) is 3.01. The number of anilines is 1. The molecule has 0 fully saturated rings. The maximum Gasteiger partial charge on any atom is 0.349 e. The van der Waals surface area contributed by atoms with Gasteiger partial charge in [-0.25, -0.2) is 14.6 Å². The molecule has 0 aliphatic heterocycles. The van der Waals surface area contributed by atoms with Crippen molar-refractivity contribution >= 4 is 34.9 Å². The molecule has 0 aliphatic rings. The van der Waals surface area contributed by atoms with Crippen molar-refractivity contribution in [1.82, 2.24) is 14.5 Å². The van der Waals surface area contributed by atoms with Crippen LogP contribution in [-0.2, 0) is 32.2 Å². The first-order valence-electron chi connectivity index (χ1n) is 10.9. The van der Waals surface area contributed by atoms with Gasteiger partial charge in [-0.1, -0.05) is 0 Å². The topological polar surface area (TPSA) is 155 Å². The van der Waals surface area contributed by atoms with Gasteiger partial charge in [0, 0.05) is 25.0 Å². The van der Waals surface area contributed by atoms with Crippen LogP contribution in [-0.4, -0.2) is 46.8 Å². The lowest BCUT2D eigenvalue weighted by Crippen LogP contribution is -2.11. The number of carbonyl (C=O) groups is 2. The second-order valence-electron chi connectivity index (χ2n) is 7.68. The summed E-state index contributed by atoms with van der Waals surface area (Å²) in [5.41, 5.74) is 8.68. The Kier molecular flexibility index (Phi) is 7.88. The van der Waals surface area contributed by atoms with Gasteiger partial charge in [-0.2, -0.15) is 10.2 Å². The monoisotopic (exact) mass is 481 g/mol. The first-order valence-corrected chi connectivity index (χ1v) is 10.9. The molecule has 0 unspecified atom stereocenters. The lowest BCUT2D eigenvalue weighted by atomic mass is 10.1. The highest BCUT2D eigenvalue weighted by Crippen LogP contribution is 2.29. The van der Waals surface area contributed by atoms with E-state index in [1.807, 2.05) is 30.6 Å². The minimum Gasteiger partial charge on any atom is -0.462 e. The molecule has 0 aromatic carbocycles. The van der Waals surface area contributed by atoms with Crippen molar-refractivity contribution in [3.8, 4) is 6.07 Å². The van der Waals surface area contributed by atoms with Gasteiger partial charge in [0.1, 0.15) is 28.8 Å². The summed E-state index contributed by atoms with van der Waals surface area (Å²) in [5, 5.41) is 9.76. The van der Waals surface area contributed by atoms with Gasteiger partial charge in [-0.3, -0.25) is 0 Å². The van der Waals surface area contributed by atoms with Crippen molar-refractivity contribution in [2.75, 3.05) is 26.1 Å². The van der Waals surface area contributed by atoms with E-state index in [4.69, 9.17) is 24.4 Å². The average molecular weight is 482 g/mol. The number of nitrogens with two attached hydrogens (primary N) is 1. The number of rotatable bonds is 9. The molecule has 0 aliphatic carbocycles. The lowest BCUT2D eigenvalue weighted by Gasteiger charge is -2.08. The maximum atomic E-state index is 12.6. The largest absolute Gasteiger partial charge is 0.462 e. The van der Waals surface area contributed by atoms with Crippen molar-refractivity contribution in [3.63, 3.8) is 0 Å². The van der Waals surface area contributed by atoms with Gasteiger partial charge in [0.25, 0.3) is 0 Å². The van der Waals surface area contributed by atoms with E-state index < -0.39 is 11.9 Å². The summed E-state index contributed by atoms with van der Waals surface area (Å²) in [6, 6.07) is 3.76. The van der Waals surface area contributed by atoms with Gasteiger partial charge < -0.3 is 28.9 Å². The van der Waals surface area contributed by atoms with E-state index in [-0.39, 0.29) is 52.9 Å². The van der Waals surface area contributed by atoms with Crippen molar-refractivity contribution in [3.05, 3.63) is 45.7 Å². The fraction of sp³-hybridized carbons (Fsp3) is 0.375. The molecular weight excluding hydrogens is 454 g/mol. The Morgan fingerprint density at radius 1 is 1.26 bits per heavy atom. The summed E-state index contributed by atoms with van der Waals surface area (Å²) in [4.78, 5) is 33.1. The third-order valence-electron chi connectivity index (χ3n) is 5.39. The highest BCUT2D eigenvalue weighted by molar-refractivity contribution is 6.07. The number of furan rings is 1.